The molecule has 0 unspecified atom stereocenters. The van der Waals surface area contributed by atoms with Gasteiger partial charge in [0.05, 0.1) is 30.4 Å². The predicted octanol–water partition coefficient (Wildman–Crippen LogP) is 3.40. The molecule has 0 spiro atoms. The second-order valence-electron chi connectivity index (χ2n) is 7.37. The summed E-state index contributed by atoms with van der Waals surface area (Å²) in [5, 5.41) is 9.68. The molecule has 0 radical (unpaired) electrons. The summed E-state index contributed by atoms with van der Waals surface area (Å²) in [4.78, 5) is 24.9. The van der Waals surface area contributed by atoms with Crippen LogP contribution in [-0.2, 0) is 20.9 Å². The molecule has 34 heavy (non-hydrogen) atoms. The number of carbonyl (C=O) groups excluding carboxylic acids is 2. The summed E-state index contributed by atoms with van der Waals surface area (Å²) in [6.07, 6.45) is 0. The number of carbonyl (C=O) groups is 2. The first kappa shape index (κ1) is 25.3. The molecule has 0 aromatic heterocycles. The number of halogens is 1. The Morgan fingerprint density at radius 3 is 2.62 bits per heavy atom. The van der Waals surface area contributed by atoms with E-state index in [1.807, 2.05) is 30.3 Å². The van der Waals surface area contributed by atoms with Crippen LogP contribution < -0.4 is 25.4 Å². The molecule has 3 rings (SSSR count). The quantitative estimate of drug-likeness (QED) is 0.354. The van der Waals surface area contributed by atoms with Gasteiger partial charge in [0.25, 0.3) is 5.91 Å². The highest BCUT2D eigenvalue weighted by atomic mass is 35.5. The molecule has 1 aliphatic rings. The van der Waals surface area contributed by atoms with Gasteiger partial charge in [-0.1, -0.05) is 41.9 Å². The van der Waals surface area contributed by atoms with Crippen LogP contribution >= 0.6 is 23.8 Å². The van der Waals surface area contributed by atoms with Crippen LogP contribution in [0.15, 0.2) is 53.7 Å². The Kier molecular flexibility index (Phi) is 8.72. The highest BCUT2D eigenvalue weighted by molar-refractivity contribution is 7.80. The van der Waals surface area contributed by atoms with Crippen LogP contribution in [0.1, 0.15) is 31.0 Å². The molecule has 1 aliphatic heterocycles. The maximum Gasteiger partial charge on any atom is 0.344 e. The van der Waals surface area contributed by atoms with Crippen molar-refractivity contribution < 1.29 is 23.8 Å². The molecule has 10 heteroatoms. The summed E-state index contributed by atoms with van der Waals surface area (Å²) in [6, 6.07) is 12.4. The van der Waals surface area contributed by atoms with Crippen molar-refractivity contribution in [1.82, 2.24) is 16.0 Å². The van der Waals surface area contributed by atoms with Crippen molar-refractivity contribution in [3.8, 4) is 11.5 Å². The van der Waals surface area contributed by atoms with Gasteiger partial charge in [-0.2, -0.15) is 0 Å². The highest BCUT2D eigenvalue weighted by Crippen LogP contribution is 2.40. The molecule has 8 nitrogen and oxygen atoms in total. The second-order valence-corrected chi connectivity index (χ2v) is 8.18. The number of ether oxygens (including phenoxy) is 3. The normalized spacial score (nSPS) is 15.2. The van der Waals surface area contributed by atoms with E-state index in [0.717, 1.165) is 5.56 Å². The van der Waals surface area contributed by atoms with E-state index in [4.69, 9.17) is 38.0 Å². The molecule has 1 atom stereocenters. The fourth-order valence-electron chi connectivity index (χ4n) is 3.50. The summed E-state index contributed by atoms with van der Waals surface area (Å²) in [5.41, 5.74) is 2.70. The number of amides is 1. The average molecular weight is 504 g/mol. The van der Waals surface area contributed by atoms with Crippen molar-refractivity contribution in [3.05, 3.63) is 69.9 Å². The van der Waals surface area contributed by atoms with Crippen molar-refractivity contribution >= 4 is 40.8 Å². The number of hydrogen-bond acceptors (Lipinski definition) is 6. The Labute approximate surface area is 208 Å². The van der Waals surface area contributed by atoms with E-state index >= 15 is 0 Å². The first-order valence-corrected chi connectivity index (χ1v) is 11.4. The molecule has 0 fully saturated rings. The molecule has 180 valence electrons. The van der Waals surface area contributed by atoms with Gasteiger partial charge in [0.2, 0.25) is 0 Å². The van der Waals surface area contributed by atoms with Gasteiger partial charge in [-0.25, -0.2) is 4.79 Å². The molecule has 0 aliphatic carbocycles. The maximum absolute atomic E-state index is 13.2. The van der Waals surface area contributed by atoms with Crippen LogP contribution in [0.25, 0.3) is 0 Å². The third kappa shape index (κ3) is 6.18. The molecule has 1 amide bonds. The van der Waals surface area contributed by atoms with Crippen molar-refractivity contribution in [1.29, 1.82) is 0 Å². The smallest absolute Gasteiger partial charge is 0.344 e. The lowest BCUT2D eigenvalue weighted by atomic mass is 9.94. The van der Waals surface area contributed by atoms with E-state index in [1.165, 1.54) is 7.11 Å². The summed E-state index contributed by atoms with van der Waals surface area (Å²) in [7, 11) is 1.46. The summed E-state index contributed by atoms with van der Waals surface area (Å²) in [6.45, 7) is 3.80. The lowest BCUT2D eigenvalue weighted by molar-refractivity contribution is -0.145. The molecule has 0 saturated carbocycles. The van der Waals surface area contributed by atoms with Crippen LogP contribution in [0.4, 0.5) is 0 Å². The van der Waals surface area contributed by atoms with Crippen molar-refractivity contribution in [2.45, 2.75) is 26.4 Å². The molecule has 2 aromatic carbocycles. The van der Waals surface area contributed by atoms with E-state index in [-0.39, 0.29) is 29.9 Å². The monoisotopic (exact) mass is 503 g/mol. The number of esters is 1. The van der Waals surface area contributed by atoms with Gasteiger partial charge in [-0.3, -0.25) is 4.79 Å². The van der Waals surface area contributed by atoms with Gasteiger partial charge in [0.15, 0.2) is 23.2 Å². The zero-order valence-corrected chi connectivity index (χ0v) is 20.6. The van der Waals surface area contributed by atoms with Crippen LogP contribution in [0.3, 0.4) is 0 Å². The molecule has 2 aromatic rings. The first-order valence-electron chi connectivity index (χ1n) is 10.6. The number of allylic oxidation sites excluding steroid dienone is 1. The van der Waals surface area contributed by atoms with Gasteiger partial charge in [-0.05, 0) is 49.3 Å². The van der Waals surface area contributed by atoms with Crippen molar-refractivity contribution in [3.63, 3.8) is 0 Å². The van der Waals surface area contributed by atoms with E-state index < -0.39 is 12.0 Å². The van der Waals surface area contributed by atoms with Gasteiger partial charge in [0, 0.05) is 12.2 Å². The van der Waals surface area contributed by atoms with Crippen LogP contribution in [-0.4, -0.2) is 37.3 Å². The summed E-state index contributed by atoms with van der Waals surface area (Å²) < 4.78 is 15.9. The van der Waals surface area contributed by atoms with E-state index in [2.05, 4.69) is 16.0 Å². The largest absolute Gasteiger partial charge is 0.493 e. The first-order chi connectivity index (χ1) is 16.3. The molecule has 0 bridgehead atoms. The zero-order chi connectivity index (χ0) is 24.7. The predicted molar refractivity (Wildman–Crippen MR) is 133 cm³/mol. The summed E-state index contributed by atoms with van der Waals surface area (Å²) >= 11 is 11.8. The Morgan fingerprint density at radius 2 is 1.94 bits per heavy atom. The average Bonchev–Trinajstić information content (AvgIpc) is 2.81. The van der Waals surface area contributed by atoms with Crippen molar-refractivity contribution in [2.24, 2.45) is 0 Å². The highest BCUT2D eigenvalue weighted by Gasteiger charge is 2.31. The Morgan fingerprint density at radius 1 is 1.21 bits per heavy atom. The lowest BCUT2D eigenvalue weighted by Gasteiger charge is -2.31. The zero-order valence-electron chi connectivity index (χ0n) is 19.1. The number of hydrogen-bond donors (Lipinski definition) is 3. The van der Waals surface area contributed by atoms with Crippen LogP contribution in [0, 0.1) is 0 Å². The molecule has 1 heterocycles. The van der Waals surface area contributed by atoms with Gasteiger partial charge >= 0.3 is 5.97 Å². The minimum Gasteiger partial charge on any atom is -0.493 e. The third-order valence-electron chi connectivity index (χ3n) is 5.03. The SMILES string of the molecule is CCOC(=O)COc1c(Cl)cc([C@H]2NC(=S)NC(C)=C2C(=O)NCc2ccccc2)cc1OC. The molecule has 3 N–H and O–H groups in total. The number of methoxy groups -OCH3 is 1. The minimum absolute atomic E-state index is 0.202. The Balaban J connectivity index is 1.88. The standard InChI is InChI=1S/C24H26ClN3O5S/c1-4-32-19(29)13-33-22-17(25)10-16(11-18(22)31-3)21-20(14(2)27-24(34)28-21)23(30)26-12-15-8-6-5-7-9-15/h5-11,21H,4,12-13H2,1-3H3,(H,26,30)(H2,27,28,34)/t21-/m1/s1. The maximum atomic E-state index is 13.2. The molecular weight excluding hydrogens is 478 g/mol. The minimum atomic E-state index is -0.588. The van der Waals surface area contributed by atoms with Crippen LogP contribution in [0.2, 0.25) is 5.02 Å². The van der Waals surface area contributed by atoms with Gasteiger partial charge < -0.3 is 30.2 Å². The second kappa shape index (κ2) is 11.7. The van der Waals surface area contributed by atoms with E-state index in [9.17, 15) is 9.59 Å². The Bertz CT molecular complexity index is 1110. The van der Waals surface area contributed by atoms with Gasteiger partial charge in [0.1, 0.15) is 0 Å². The number of thiocarbonyl (C=S) groups is 1. The fourth-order valence-corrected chi connectivity index (χ4v) is 4.04. The molecular formula is C24H26ClN3O5S. The number of rotatable bonds is 9. The lowest BCUT2D eigenvalue weighted by Crippen LogP contribution is -2.46. The Hall–Kier alpha value is -3.30. The molecule has 0 saturated heterocycles. The third-order valence-corrected chi connectivity index (χ3v) is 5.54. The van der Waals surface area contributed by atoms with E-state index in [1.54, 1.807) is 26.0 Å². The van der Waals surface area contributed by atoms with Crippen LogP contribution in [0.5, 0.6) is 11.5 Å². The fraction of sp³-hybridized carbons (Fsp3) is 0.292. The number of nitrogens with one attached hydrogen (secondary N) is 3. The van der Waals surface area contributed by atoms with Gasteiger partial charge in [-0.15, -0.1) is 0 Å². The topological polar surface area (TPSA) is 97.9 Å². The number of benzene rings is 2. The van der Waals surface area contributed by atoms with Crippen molar-refractivity contribution in [2.75, 3.05) is 20.3 Å². The summed E-state index contributed by atoms with van der Waals surface area (Å²) in [5.74, 6) is -0.273. The van der Waals surface area contributed by atoms with E-state index in [0.29, 0.717) is 34.2 Å².